The lowest BCUT2D eigenvalue weighted by molar-refractivity contribution is -0.125. The Morgan fingerprint density at radius 1 is 1.50 bits per heavy atom. The SMILES string of the molecule is CN1C(=O)C(O)c2ccc(Sc3nccs3)cc21. The minimum absolute atomic E-state index is 0.276. The van der Waals surface area contributed by atoms with Crippen molar-refractivity contribution in [2.75, 3.05) is 11.9 Å². The van der Waals surface area contributed by atoms with Crippen LogP contribution in [0.1, 0.15) is 11.7 Å². The van der Waals surface area contributed by atoms with Crippen molar-refractivity contribution in [1.29, 1.82) is 0 Å². The fraction of sp³-hybridized carbons (Fsp3) is 0.167. The summed E-state index contributed by atoms with van der Waals surface area (Å²) in [5, 5.41) is 11.7. The first kappa shape index (κ1) is 11.7. The molecule has 0 saturated carbocycles. The summed E-state index contributed by atoms with van der Waals surface area (Å²) in [6.45, 7) is 0. The average molecular weight is 278 g/mol. The molecule has 2 aromatic rings. The van der Waals surface area contributed by atoms with Crippen molar-refractivity contribution in [1.82, 2.24) is 4.98 Å². The number of benzene rings is 1. The van der Waals surface area contributed by atoms with Gasteiger partial charge in [0.25, 0.3) is 5.91 Å². The van der Waals surface area contributed by atoms with Crippen LogP contribution in [-0.4, -0.2) is 23.0 Å². The Balaban J connectivity index is 1.95. The largest absolute Gasteiger partial charge is 0.378 e. The fourth-order valence-electron chi connectivity index (χ4n) is 1.91. The number of anilines is 1. The van der Waals surface area contributed by atoms with Gasteiger partial charge in [-0.3, -0.25) is 4.79 Å². The molecule has 1 atom stereocenters. The summed E-state index contributed by atoms with van der Waals surface area (Å²) in [6, 6.07) is 5.62. The van der Waals surface area contributed by atoms with Crippen LogP contribution in [0, 0.1) is 0 Å². The molecule has 92 valence electrons. The first-order chi connectivity index (χ1) is 8.66. The van der Waals surface area contributed by atoms with Crippen molar-refractivity contribution in [3.05, 3.63) is 35.3 Å². The van der Waals surface area contributed by atoms with E-state index in [-0.39, 0.29) is 5.91 Å². The second kappa shape index (κ2) is 4.38. The van der Waals surface area contributed by atoms with Crippen LogP contribution in [-0.2, 0) is 4.79 Å². The van der Waals surface area contributed by atoms with E-state index in [9.17, 15) is 9.90 Å². The van der Waals surface area contributed by atoms with Crippen LogP contribution in [0.5, 0.6) is 0 Å². The quantitative estimate of drug-likeness (QED) is 0.916. The molecule has 1 aliphatic rings. The fourth-order valence-corrected chi connectivity index (χ4v) is 3.53. The van der Waals surface area contributed by atoms with E-state index in [2.05, 4.69) is 4.98 Å². The van der Waals surface area contributed by atoms with Gasteiger partial charge in [-0.25, -0.2) is 4.98 Å². The van der Waals surface area contributed by atoms with Crippen LogP contribution >= 0.6 is 23.1 Å². The summed E-state index contributed by atoms with van der Waals surface area (Å²) < 4.78 is 0.961. The maximum Gasteiger partial charge on any atom is 0.260 e. The zero-order chi connectivity index (χ0) is 12.7. The van der Waals surface area contributed by atoms with Crippen LogP contribution in [0.15, 0.2) is 39.0 Å². The molecule has 4 nitrogen and oxygen atoms in total. The number of aliphatic hydroxyl groups excluding tert-OH is 1. The summed E-state index contributed by atoms with van der Waals surface area (Å²) in [5.74, 6) is -0.276. The molecule has 2 heterocycles. The van der Waals surface area contributed by atoms with Gasteiger partial charge >= 0.3 is 0 Å². The molecule has 1 aliphatic heterocycles. The van der Waals surface area contributed by atoms with Crippen LogP contribution in [0.4, 0.5) is 5.69 Å². The topological polar surface area (TPSA) is 53.4 Å². The first-order valence-electron chi connectivity index (χ1n) is 5.34. The molecule has 0 radical (unpaired) electrons. The molecule has 1 aromatic heterocycles. The van der Waals surface area contributed by atoms with Gasteiger partial charge in [-0.1, -0.05) is 17.8 Å². The molecule has 1 aromatic carbocycles. The second-order valence-electron chi connectivity index (χ2n) is 3.92. The van der Waals surface area contributed by atoms with Gasteiger partial charge in [-0.2, -0.15) is 0 Å². The number of nitrogens with zero attached hydrogens (tertiary/aromatic N) is 2. The van der Waals surface area contributed by atoms with Crippen molar-refractivity contribution in [2.45, 2.75) is 15.3 Å². The summed E-state index contributed by atoms with van der Waals surface area (Å²) >= 11 is 3.13. The van der Waals surface area contributed by atoms with Crippen LogP contribution < -0.4 is 4.90 Å². The van der Waals surface area contributed by atoms with Gasteiger partial charge in [0.15, 0.2) is 10.4 Å². The number of likely N-dealkylation sites (N-methyl/N-ethyl adjacent to an activating group) is 1. The number of carbonyl (C=O) groups excluding carboxylic acids is 1. The lowest BCUT2D eigenvalue weighted by Crippen LogP contribution is -2.23. The standard InChI is InChI=1S/C12H10N2O2S2/c1-14-9-6-7(18-12-13-4-5-17-12)2-3-8(9)10(15)11(14)16/h2-6,10,15H,1H3. The van der Waals surface area contributed by atoms with Gasteiger partial charge in [-0.05, 0) is 12.1 Å². The number of hydrogen-bond donors (Lipinski definition) is 1. The first-order valence-corrected chi connectivity index (χ1v) is 7.03. The van der Waals surface area contributed by atoms with E-state index in [1.165, 1.54) is 4.90 Å². The molecule has 0 bridgehead atoms. The van der Waals surface area contributed by atoms with Crippen molar-refractivity contribution < 1.29 is 9.90 Å². The van der Waals surface area contributed by atoms with E-state index in [0.717, 1.165) is 14.9 Å². The minimum Gasteiger partial charge on any atom is -0.378 e. The van der Waals surface area contributed by atoms with Crippen molar-refractivity contribution >= 4 is 34.7 Å². The Bertz CT molecular complexity index is 598. The van der Waals surface area contributed by atoms with Crippen LogP contribution in [0.2, 0.25) is 0 Å². The Labute approximate surface area is 112 Å². The highest BCUT2D eigenvalue weighted by atomic mass is 32.2. The van der Waals surface area contributed by atoms with Gasteiger partial charge < -0.3 is 10.0 Å². The van der Waals surface area contributed by atoms with Crippen molar-refractivity contribution in [3.8, 4) is 0 Å². The molecule has 0 spiro atoms. The average Bonchev–Trinajstić information content (AvgIpc) is 2.95. The number of carbonyl (C=O) groups is 1. The second-order valence-corrected chi connectivity index (χ2v) is 6.14. The third-order valence-corrected chi connectivity index (χ3v) is 4.71. The summed E-state index contributed by atoms with van der Waals surface area (Å²) in [7, 11) is 1.68. The van der Waals surface area contributed by atoms with E-state index >= 15 is 0 Å². The van der Waals surface area contributed by atoms with Gasteiger partial charge in [0.05, 0.1) is 5.69 Å². The van der Waals surface area contributed by atoms with E-state index < -0.39 is 6.10 Å². The molecule has 1 N–H and O–H groups in total. The molecular formula is C12H10N2O2S2. The predicted molar refractivity (Wildman–Crippen MR) is 71.0 cm³/mol. The van der Waals surface area contributed by atoms with Crippen LogP contribution in [0.25, 0.3) is 0 Å². The van der Waals surface area contributed by atoms with E-state index in [4.69, 9.17) is 0 Å². The number of aliphatic hydroxyl groups is 1. The third kappa shape index (κ3) is 1.82. The maximum atomic E-state index is 11.6. The van der Waals surface area contributed by atoms with E-state index in [0.29, 0.717) is 5.56 Å². The third-order valence-electron chi connectivity index (χ3n) is 2.84. The number of amides is 1. The molecule has 6 heteroatoms. The van der Waals surface area contributed by atoms with Crippen molar-refractivity contribution in [3.63, 3.8) is 0 Å². The molecule has 0 saturated heterocycles. The lowest BCUT2D eigenvalue weighted by Gasteiger charge is -2.10. The normalized spacial score (nSPS) is 18.2. The molecular weight excluding hydrogens is 268 g/mol. The molecule has 18 heavy (non-hydrogen) atoms. The number of fused-ring (bicyclic) bond motifs is 1. The summed E-state index contributed by atoms with van der Waals surface area (Å²) in [4.78, 5) is 18.4. The Morgan fingerprint density at radius 3 is 3.06 bits per heavy atom. The highest BCUT2D eigenvalue weighted by Gasteiger charge is 2.33. The number of hydrogen-bond acceptors (Lipinski definition) is 5. The lowest BCUT2D eigenvalue weighted by atomic mass is 10.1. The van der Waals surface area contributed by atoms with Gasteiger partial charge in [-0.15, -0.1) is 11.3 Å². The molecule has 0 aliphatic carbocycles. The molecule has 0 fully saturated rings. The highest BCUT2D eigenvalue weighted by Crippen LogP contribution is 2.39. The maximum absolute atomic E-state index is 11.6. The predicted octanol–water partition coefficient (Wildman–Crippen LogP) is 2.30. The molecule has 1 amide bonds. The van der Waals surface area contributed by atoms with E-state index in [1.54, 1.807) is 42.4 Å². The van der Waals surface area contributed by atoms with E-state index in [1.807, 2.05) is 17.5 Å². The Morgan fingerprint density at radius 2 is 2.33 bits per heavy atom. The zero-order valence-electron chi connectivity index (χ0n) is 9.53. The molecule has 1 unspecified atom stereocenters. The Hall–Kier alpha value is -1.37. The monoisotopic (exact) mass is 278 g/mol. The Kier molecular flexibility index (Phi) is 2.85. The summed E-state index contributed by atoms with van der Waals surface area (Å²) in [5.41, 5.74) is 1.44. The van der Waals surface area contributed by atoms with Gasteiger partial charge in [0.2, 0.25) is 0 Å². The zero-order valence-corrected chi connectivity index (χ0v) is 11.2. The van der Waals surface area contributed by atoms with Crippen LogP contribution in [0.3, 0.4) is 0 Å². The van der Waals surface area contributed by atoms with Crippen molar-refractivity contribution in [2.24, 2.45) is 0 Å². The smallest absolute Gasteiger partial charge is 0.260 e. The van der Waals surface area contributed by atoms with Gasteiger partial charge in [0, 0.05) is 29.1 Å². The van der Waals surface area contributed by atoms with Gasteiger partial charge in [0.1, 0.15) is 0 Å². The highest BCUT2D eigenvalue weighted by molar-refractivity contribution is 8.01. The number of rotatable bonds is 2. The molecule has 3 rings (SSSR count). The minimum atomic E-state index is -1.02. The number of aromatic nitrogens is 1. The number of thiazole rings is 1. The summed E-state index contributed by atoms with van der Waals surface area (Å²) in [6.07, 6.45) is 0.740.